The molecule has 23 heavy (non-hydrogen) atoms. The molecule has 0 spiro atoms. The number of alkyl halides is 3. The van der Waals surface area contributed by atoms with E-state index in [1.807, 2.05) is 0 Å². The molecule has 0 unspecified atom stereocenters. The lowest BCUT2D eigenvalue weighted by Gasteiger charge is -2.08. The van der Waals surface area contributed by atoms with Crippen LogP contribution in [0.4, 0.5) is 13.2 Å². The standard InChI is InChI=1S/C13H9F3N4O3/c1-20-10(21)8-9(19-12(20)22)18-11(17-8)23-7-4-2-3-6(5-7)13(14,15)16/h2-5H,1H3,(H,17,18)(H,19,22). The summed E-state index contributed by atoms with van der Waals surface area (Å²) in [6.45, 7) is 0. The molecule has 120 valence electrons. The third-order valence-electron chi connectivity index (χ3n) is 3.11. The monoisotopic (exact) mass is 326 g/mol. The van der Waals surface area contributed by atoms with Crippen molar-refractivity contribution in [3.8, 4) is 11.8 Å². The van der Waals surface area contributed by atoms with Crippen LogP contribution in [0.25, 0.3) is 11.2 Å². The number of H-pyrrole nitrogens is 2. The molecule has 0 saturated heterocycles. The Morgan fingerprint density at radius 3 is 2.65 bits per heavy atom. The lowest BCUT2D eigenvalue weighted by Crippen LogP contribution is -2.32. The van der Waals surface area contributed by atoms with Crippen LogP contribution in [0.1, 0.15) is 5.56 Å². The summed E-state index contributed by atoms with van der Waals surface area (Å²) in [6, 6.07) is 3.98. The Morgan fingerprint density at radius 2 is 1.96 bits per heavy atom. The topological polar surface area (TPSA) is 92.8 Å². The largest absolute Gasteiger partial charge is 0.426 e. The fraction of sp³-hybridized carbons (Fsp3) is 0.154. The number of imidazole rings is 1. The zero-order chi connectivity index (χ0) is 16.8. The molecule has 0 atom stereocenters. The lowest BCUT2D eigenvalue weighted by atomic mass is 10.2. The fourth-order valence-corrected chi connectivity index (χ4v) is 1.94. The maximum Gasteiger partial charge on any atom is 0.416 e. The molecule has 2 N–H and O–H groups in total. The molecule has 3 aromatic rings. The molecular weight excluding hydrogens is 317 g/mol. The predicted molar refractivity (Wildman–Crippen MR) is 73.5 cm³/mol. The number of nitrogens with one attached hydrogen (secondary N) is 2. The van der Waals surface area contributed by atoms with Crippen molar-refractivity contribution in [1.29, 1.82) is 0 Å². The lowest BCUT2D eigenvalue weighted by molar-refractivity contribution is -0.137. The van der Waals surface area contributed by atoms with Crippen molar-refractivity contribution in [1.82, 2.24) is 19.5 Å². The van der Waals surface area contributed by atoms with Crippen molar-refractivity contribution in [2.45, 2.75) is 6.18 Å². The van der Waals surface area contributed by atoms with Crippen LogP contribution in [-0.2, 0) is 13.2 Å². The summed E-state index contributed by atoms with van der Waals surface area (Å²) in [6.07, 6.45) is -4.51. The van der Waals surface area contributed by atoms with Gasteiger partial charge in [0.1, 0.15) is 5.75 Å². The van der Waals surface area contributed by atoms with Crippen molar-refractivity contribution in [2.24, 2.45) is 7.05 Å². The highest BCUT2D eigenvalue weighted by atomic mass is 19.4. The number of hydrogen-bond acceptors (Lipinski definition) is 4. The zero-order valence-electron chi connectivity index (χ0n) is 11.6. The number of nitrogens with zero attached hydrogens (tertiary/aromatic N) is 2. The minimum Gasteiger partial charge on any atom is -0.426 e. The van der Waals surface area contributed by atoms with Gasteiger partial charge < -0.3 is 9.72 Å². The molecule has 0 saturated carbocycles. The number of aromatic nitrogens is 4. The first kappa shape index (κ1) is 14.9. The third kappa shape index (κ3) is 2.70. The van der Waals surface area contributed by atoms with Gasteiger partial charge in [-0.1, -0.05) is 6.07 Å². The summed E-state index contributed by atoms with van der Waals surface area (Å²) in [5.41, 5.74) is -2.24. The van der Waals surface area contributed by atoms with Gasteiger partial charge in [-0.05, 0) is 18.2 Å². The number of halogens is 3. The molecule has 2 aromatic heterocycles. The second-order valence-electron chi connectivity index (χ2n) is 4.69. The molecule has 0 aliphatic heterocycles. The van der Waals surface area contributed by atoms with Gasteiger partial charge in [-0.15, -0.1) is 0 Å². The highest BCUT2D eigenvalue weighted by Crippen LogP contribution is 2.32. The van der Waals surface area contributed by atoms with E-state index in [0.717, 1.165) is 16.7 Å². The highest BCUT2D eigenvalue weighted by Gasteiger charge is 2.30. The second-order valence-corrected chi connectivity index (χ2v) is 4.69. The van der Waals surface area contributed by atoms with E-state index in [0.29, 0.717) is 0 Å². The van der Waals surface area contributed by atoms with Crippen molar-refractivity contribution in [2.75, 3.05) is 0 Å². The van der Waals surface area contributed by atoms with Crippen LogP contribution in [0.5, 0.6) is 11.8 Å². The number of fused-ring (bicyclic) bond motifs is 1. The van der Waals surface area contributed by atoms with Gasteiger partial charge in [-0.2, -0.15) is 18.2 Å². The van der Waals surface area contributed by atoms with Gasteiger partial charge in [0.2, 0.25) is 0 Å². The van der Waals surface area contributed by atoms with Crippen LogP contribution >= 0.6 is 0 Å². The molecule has 1 aromatic carbocycles. The maximum atomic E-state index is 12.7. The van der Waals surface area contributed by atoms with Crippen LogP contribution in [0.2, 0.25) is 0 Å². The van der Waals surface area contributed by atoms with Gasteiger partial charge in [0.05, 0.1) is 5.56 Å². The summed E-state index contributed by atoms with van der Waals surface area (Å²) in [7, 11) is 1.27. The molecule has 7 nitrogen and oxygen atoms in total. The Hall–Kier alpha value is -3.04. The average molecular weight is 326 g/mol. The second kappa shape index (κ2) is 5.00. The molecule has 0 aliphatic carbocycles. The molecule has 0 radical (unpaired) electrons. The molecule has 10 heteroatoms. The van der Waals surface area contributed by atoms with Crippen molar-refractivity contribution >= 4 is 11.2 Å². The molecule has 0 fully saturated rings. The number of rotatable bonds is 2. The zero-order valence-corrected chi connectivity index (χ0v) is 11.6. The Balaban J connectivity index is 2.01. The van der Waals surface area contributed by atoms with E-state index in [-0.39, 0.29) is 22.9 Å². The molecular formula is C13H9F3N4O3. The van der Waals surface area contributed by atoms with E-state index in [9.17, 15) is 22.8 Å². The number of ether oxygens (including phenoxy) is 1. The molecule has 3 rings (SSSR count). The molecule has 0 bridgehead atoms. The van der Waals surface area contributed by atoms with Gasteiger partial charge in [0.25, 0.3) is 5.56 Å². The normalized spacial score (nSPS) is 11.8. The van der Waals surface area contributed by atoms with E-state index in [1.54, 1.807) is 0 Å². The minimum atomic E-state index is -4.51. The highest BCUT2D eigenvalue weighted by molar-refractivity contribution is 5.69. The summed E-state index contributed by atoms with van der Waals surface area (Å²) in [4.78, 5) is 32.0. The van der Waals surface area contributed by atoms with E-state index >= 15 is 0 Å². The van der Waals surface area contributed by atoms with Gasteiger partial charge in [-0.25, -0.2) is 4.79 Å². The van der Waals surface area contributed by atoms with Crippen molar-refractivity contribution in [3.05, 3.63) is 50.7 Å². The van der Waals surface area contributed by atoms with Crippen LogP contribution in [0.3, 0.4) is 0 Å². The number of aromatic amines is 2. The summed E-state index contributed by atoms with van der Waals surface area (Å²) < 4.78 is 44.0. The van der Waals surface area contributed by atoms with Crippen molar-refractivity contribution in [3.63, 3.8) is 0 Å². The minimum absolute atomic E-state index is 0.0194. The smallest absolute Gasteiger partial charge is 0.416 e. The Morgan fingerprint density at radius 1 is 1.22 bits per heavy atom. The summed E-state index contributed by atoms with van der Waals surface area (Å²) >= 11 is 0. The first-order valence-electron chi connectivity index (χ1n) is 6.30. The number of hydrogen-bond donors (Lipinski definition) is 2. The molecule has 2 heterocycles. The average Bonchev–Trinajstić information content (AvgIpc) is 2.87. The van der Waals surface area contributed by atoms with Crippen LogP contribution in [0.15, 0.2) is 33.9 Å². The Kier molecular flexibility index (Phi) is 3.24. The summed E-state index contributed by atoms with van der Waals surface area (Å²) in [5.74, 6) is -0.113. The van der Waals surface area contributed by atoms with E-state index in [4.69, 9.17) is 4.74 Å². The van der Waals surface area contributed by atoms with E-state index in [2.05, 4.69) is 15.0 Å². The summed E-state index contributed by atoms with van der Waals surface area (Å²) in [5, 5.41) is 0. The first-order chi connectivity index (χ1) is 10.8. The first-order valence-corrected chi connectivity index (χ1v) is 6.30. The van der Waals surface area contributed by atoms with Gasteiger partial charge in [-0.3, -0.25) is 14.3 Å². The third-order valence-corrected chi connectivity index (χ3v) is 3.11. The Labute approximate surface area is 125 Å². The predicted octanol–water partition coefficient (Wildman–Crippen LogP) is 1.76. The van der Waals surface area contributed by atoms with E-state index < -0.39 is 23.0 Å². The van der Waals surface area contributed by atoms with Gasteiger partial charge in [0, 0.05) is 7.05 Å². The maximum absolute atomic E-state index is 12.7. The molecule has 0 amide bonds. The SMILES string of the molecule is Cn1c(=O)[nH]c2nc(Oc3cccc(C(F)(F)F)c3)[nH]c2c1=O. The van der Waals surface area contributed by atoms with Crippen LogP contribution in [0, 0.1) is 0 Å². The van der Waals surface area contributed by atoms with Crippen molar-refractivity contribution < 1.29 is 17.9 Å². The van der Waals surface area contributed by atoms with Crippen LogP contribution in [-0.4, -0.2) is 19.5 Å². The molecule has 0 aliphatic rings. The van der Waals surface area contributed by atoms with Gasteiger partial charge in [0.15, 0.2) is 11.2 Å². The van der Waals surface area contributed by atoms with E-state index in [1.165, 1.54) is 19.2 Å². The van der Waals surface area contributed by atoms with Crippen LogP contribution < -0.4 is 16.0 Å². The van der Waals surface area contributed by atoms with Gasteiger partial charge >= 0.3 is 17.9 Å². The number of benzene rings is 1. The quantitative estimate of drug-likeness (QED) is 0.750. The fourth-order valence-electron chi connectivity index (χ4n) is 1.94. The Bertz CT molecular complexity index is 1000.